The number of carbonyl (C=O) groups is 1. The average Bonchev–Trinajstić information content (AvgIpc) is 2.98. The first-order chi connectivity index (χ1) is 12.0. The number of nitrogens with zero attached hydrogens (tertiary/aromatic N) is 1. The maximum atomic E-state index is 13.0. The van der Waals surface area contributed by atoms with E-state index in [4.69, 9.17) is 32.4 Å². The number of hydrogen-bond donors (Lipinski definition) is 0. The van der Waals surface area contributed by atoms with Crippen LogP contribution in [0.5, 0.6) is 0 Å². The Kier molecular flexibility index (Phi) is 4.26. The zero-order valence-corrected chi connectivity index (χ0v) is 15.0. The van der Waals surface area contributed by atoms with Crippen LogP contribution in [0.3, 0.4) is 0 Å². The number of hydrogen-bond acceptors (Lipinski definition) is 4. The number of rotatable bonds is 1. The Morgan fingerprint density at radius 1 is 1.12 bits per heavy atom. The summed E-state index contributed by atoms with van der Waals surface area (Å²) in [5.74, 6) is -0.346. The summed E-state index contributed by atoms with van der Waals surface area (Å²) in [6.45, 7) is 0.995. The number of benzene rings is 1. The monoisotopic (exact) mass is 381 g/mol. The summed E-state index contributed by atoms with van der Waals surface area (Å²) in [5.41, 5.74) is -0.723. The van der Waals surface area contributed by atoms with Crippen LogP contribution in [0.2, 0.25) is 10.0 Å². The number of halogens is 2. The van der Waals surface area contributed by atoms with E-state index in [1.807, 2.05) is 0 Å². The number of amides is 1. The molecule has 5 nitrogen and oxygen atoms in total. The zero-order chi connectivity index (χ0) is 17.6. The van der Waals surface area contributed by atoms with Gasteiger partial charge in [0.15, 0.2) is 16.8 Å². The van der Waals surface area contributed by atoms with E-state index >= 15 is 0 Å². The molecule has 0 bridgehead atoms. The molecule has 1 aromatic carbocycles. The van der Waals surface area contributed by atoms with Crippen molar-refractivity contribution in [2.24, 2.45) is 0 Å². The summed E-state index contributed by atoms with van der Waals surface area (Å²) in [5, 5.41) is 0.816. The van der Waals surface area contributed by atoms with Crippen LogP contribution in [0.15, 0.2) is 27.4 Å². The molecule has 1 amide bonds. The summed E-state index contributed by atoms with van der Waals surface area (Å²) in [4.78, 5) is 27.2. The van der Waals surface area contributed by atoms with Gasteiger partial charge in [-0.2, -0.15) is 0 Å². The second-order valence-corrected chi connectivity index (χ2v) is 7.39. The Hall–Kier alpha value is -1.56. The highest BCUT2D eigenvalue weighted by Crippen LogP contribution is 2.39. The first-order valence-electron chi connectivity index (χ1n) is 8.39. The molecule has 1 aromatic heterocycles. The highest BCUT2D eigenvalue weighted by molar-refractivity contribution is 6.38. The number of carbonyl (C=O) groups excluding carboxylic acids is 1. The van der Waals surface area contributed by atoms with Gasteiger partial charge in [0.25, 0.3) is 5.91 Å². The van der Waals surface area contributed by atoms with Crippen LogP contribution in [0.1, 0.15) is 42.7 Å². The second-order valence-electron chi connectivity index (χ2n) is 6.55. The van der Waals surface area contributed by atoms with Gasteiger partial charge in [-0.1, -0.05) is 29.6 Å². The minimum Gasteiger partial charge on any atom is -0.449 e. The molecule has 2 fully saturated rings. The molecule has 2 heterocycles. The molecule has 0 atom stereocenters. The summed E-state index contributed by atoms with van der Waals surface area (Å²) in [7, 11) is 0. The fraction of sp³-hybridized carbons (Fsp3) is 0.444. The van der Waals surface area contributed by atoms with E-state index < -0.39 is 5.72 Å². The third-order valence-electron chi connectivity index (χ3n) is 5.02. The lowest BCUT2D eigenvalue weighted by Gasteiger charge is -2.39. The SMILES string of the molecule is O=C(c1cc(=O)c2cc(Cl)cc(Cl)c2o1)N1CCOC12CCCCC2. The van der Waals surface area contributed by atoms with Crippen molar-refractivity contribution in [1.29, 1.82) is 0 Å². The van der Waals surface area contributed by atoms with Gasteiger partial charge in [0.05, 0.1) is 17.0 Å². The molecule has 1 saturated heterocycles. The third-order valence-corrected chi connectivity index (χ3v) is 5.52. The first kappa shape index (κ1) is 16.9. The van der Waals surface area contributed by atoms with Gasteiger partial charge in [-0.25, -0.2) is 0 Å². The fourth-order valence-electron chi connectivity index (χ4n) is 3.84. The van der Waals surface area contributed by atoms with Crippen molar-refractivity contribution in [2.45, 2.75) is 37.8 Å². The van der Waals surface area contributed by atoms with Gasteiger partial charge in [0, 0.05) is 17.6 Å². The normalized spacial score (nSPS) is 19.7. The second kappa shape index (κ2) is 6.31. The maximum absolute atomic E-state index is 13.0. The Labute approximate surface area is 154 Å². The standard InChI is InChI=1S/C18H17Cl2NO4/c19-11-8-12-14(22)10-15(25-16(12)13(20)9-11)17(23)21-6-7-24-18(21)4-2-1-3-5-18/h8-10H,1-7H2. The van der Waals surface area contributed by atoms with Crippen LogP contribution >= 0.6 is 23.2 Å². The van der Waals surface area contributed by atoms with Gasteiger partial charge >= 0.3 is 0 Å². The van der Waals surface area contributed by atoms with Gasteiger partial charge in [-0.05, 0) is 37.8 Å². The maximum Gasteiger partial charge on any atom is 0.292 e. The molecule has 2 aliphatic rings. The molecular formula is C18H17Cl2NO4. The predicted molar refractivity (Wildman–Crippen MR) is 95.3 cm³/mol. The quantitative estimate of drug-likeness (QED) is 0.741. The van der Waals surface area contributed by atoms with Gasteiger partial charge in [0.1, 0.15) is 5.72 Å². The van der Waals surface area contributed by atoms with Crippen LogP contribution in [0.25, 0.3) is 11.0 Å². The minimum absolute atomic E-state index is 0.0165. The highest BCUT2D eigenvalue weighted by atomic mass is 35.5. The molecule has 0 N–H and O–H groups in total. The molecule has 1 aliphatic carbocycles. The van der Waals surface area contributed by atoms with Crippen molar-refractivity contribution in [2.75, 3.05) is 13.2 Å². The Morgan fingerprint density at radius 3 is 2.64 bits per heavy atom. The molecule has 7 heteroatoms. The summed E-state index contributed by atoms with van der Waals surface area (Å²) in [6, 6.07) is 4.20. The molecule has 1 aliphatic heterocycles. The largest absolute Gasteiger partial charge is 0.449 e. The van der Waals surface area contributed by atoms with Crippen LogP contribution in [0, 0.1) is 0 Å². The third kappa shape index (κ3) is 2.84. The topological polar surface area (TPSA) is 59.8 Å². The number of ether oxygens (including phenoxy) is 1. The van der Waals surface area contributed by atoms with E-state index in [0.717, 1.165) is 32.1 Å². The van der Waals surface area contributed by atoms with Gasteiger partial charge in [0.2, 0.25) is 0 Å². The van der Waals surface area contributed by atoms with Crippen LogP contribution in [0.4, 0.5) is 0 Å². The molecule has 0 unspecified atom stereocenters. The predicted octanol–water partition coefficient (Wildman–Crippen LogP) is 4.23. The van der Waals surface area contributed by atoms with Crippen molar-refractivity contribution >= 4 is 40.1 Å². The summed E-state index contributed by atoms with van der Waals surface area (Å²) < 4.78 is 11.6. The van der Waals surface area contributed by atoms with Crippen molar-refractivity contribution in [1.82, 2.24) is 4.90 Å². The van der Waals surface area contributed by atoms with Crippen LogP contribution < -0.4 is 5.43 Å². The molecule has 4 rings (SSSR count). The van der Waals surface area contributed by atoms with E-state index in [9.17, 15) is 9.59 Å². The lowest BCUT2D eigenvalue weighted by molar-refractivity contribution is -0.0925. The van der Waals surface area contributed by atoms with Crippen molar-refractivity contribution in [3.05, 3.63) is 44.2 Å². The Bertz CT molecular complexity index is 902. The highest BCUT2D eigenvalue weighted by Gasteiger charge is 2.46. The van der Waals surface area contributed by atoms with E-state index in [1.54, 1.807) is 4.90 Å². The van der Waals surface area contributed by atoms with E-state index in [1.165, 1.54) is 18.2 Å². The molecule has 1 saturated carbocycles. The molecule has 25 heavy (non-hydrogen) atoms. The molecule has 2 aromatic rings. The smallest absolute Gasteiger partial charge is 0.292 e. The number of fused-ring (bicyclic) bond motifs is 1. The minimum atomic E-state index is -0.563. The molecular weight excluding hydrogens is 365 g/mol. The fourth-order valence-corrected chi connectivity index (χ4v) is 4.37. The van der Waals surface area contributed by atoms with Crippen molar-refractivity contribution in [3.63, 3.8) is 0 Å². The average molecular weight is 382 g/mol. The lowest BCUT2D eigenvalue weighted by atomic mass is 9.90. The zero-order valence-electron chi connectivity index (χ0n) is 13.5. The van der Waals surface area contributed by atoms with Gasteiger partial charge in [-0.3, -0.25) is 9.59 Å². The summed E-state index contributed by atoms with van der Waals surface area (Å²) >= 11 is 12.1. The molecule has 132 valence electrons. The van der Waals surface area contributed by atoms with Crippen LogP contribution in [-0.2, 0) is 4.74 Å². The Morgan fingerprint density at radius 2 is 1.88 bits per heavy atom. The molecule has 0 radical (unpaired) electrons. The Balaban J connectivity index is 1.76. The van der Waals surface area contributed by atoms with Crippen molar-refractivity contribution < 1.29 is 13.9 Å². The summed E-state index contributed by atoms with van der Waals surface area (Å²) in [6.07, 6.45) is 4.82. The van der Waals surface area contributed by atoms with Gasteiger partial charge in [-0.15, -0.1) is 0 Å². The van der Waals surface area contributed by atoms with E-state index in [0.29, 0.717) is 18.2 Å². The van der Waals surface area contributed by atoms with E-state index in [-0.39, 0.29) is 33.1 Å². The first-order valence-corrected chi connectivity index (χ1v) is 9.15. The van der Waals surface area contributed by atoms with Crippen molar-refractivity contribution in [3.8, 4) is 0 Å². The molecule has 1 spiro atoms. The lowest BCUT2D eigenvalue weighted by Crippen LogP contribution is -2.49. The van der Waals surface area contributed by atoms with Crippen LogP contribution in [-0.4, -0.2) is 29.7 Å². The van der Waals surface area contributed by atoms with Gasteiger partial charge < -0.3 is 14.1 Å². The van der Waals surface area contributed by atoms with E-state index in [2.05, 4.69) is 0 Å².